The summed E-state index contributed by atoms with van der Waals surface area (Å²) in [6.45, 7) is 0. The minimum absolute atomic E-state index is 0.0184. The lowest BCUT2D eigenvalue weighted by Gasteiger charge is -1.94. The molecule has 1 aromatic heterocycles. The second-order valence-corrected chi connectivity index (χ2v) is 4.56. The molecule has 0 atom stereocenters. The molecule has 2 N–H and O–H groups in total. The van der Waals surface area contributed by atoms with E-state index in [0.29, 0.717) is 22.1 Å². The Kier molecular flexibility index (Phi) is 1.98. The van der Waals surface area contributed by atoms with Crippen molar-refractivity contribution in [2.75, 3.05) is 5.73 Å². The molecule has 0 bridgehead atoms. The molecule has 0 amide bonds. The van der Waals surface area contributed by atoms with Gasteiger partial charge >= 0.3 is 0 Å². The summed E-state index contributed by atoms with van der Waals surface area (Å²) in [5.74, 6) is 0.419. The van der Waals surface area contributed by atoms with Crippen molar-refractivity contribution < 1.29 is 9.21 Å². The minimum Gasteiger partial charge on any atom is -0.451 e. The molecule has 1 heterocycles. The van der Waals surface area contributed by atoms with Crippen molar-refractivity contribution in [2.45, 2.75) is 12.8 Å². The van der Waals surface area contributed by atoms with Crippen molar-refractivity contribution >= 4 is 34.0 Å². The average Bonchev–Trinajstić information content (AvgIpc) is 3.05. The van der Waals surface area contributed by atoms with E-state index < -0.39 is 0 Å². The Hall–Kier alpha value is -1.48. The zero-order valence-corrected chi connectivity index (χ0v) is 9.25. The van der Waals surface area contributed by atoms with E-state index >= 15 is 0 Å². The number of nitrogen functional groups attached to an aromatic ring is 1. The van der Waals surface area contributed by atoms with Crippen molar-refractivity contribution in [1.29, 1.82) is 0 Å². The van der Waals surface area contributed by atoms with Gasteiger partial charge in [-0.05, 0) is 31.0 Å². The van der Waals surface area contributed by atoms with Crippen molar-refractivity contribution in [2.24, 2.45) is 5.92 Å². The standard InChI is InChI=1S/C12H10ClNO2/c13-7-3-4-9-8(5-7)10(14)12(16-9)11(15)6-1-2-6/h3-6H,1-2,14H2. The number of furan rings is 1. The van der Waals surface area contributed by atoms with Crippen LogP contribution >= 0.6 is 11.6 Å². The SMILES string of the molecule is Nc1c(C(=O)C2CC2)oc2ccc(Cl)cc12. The second kappa shape index (κ2) is 3.25. The lowest BCUT2D eigenvalue weighted by molar-refractivity contribution is 0.0944. The third-order valence-corrected chi connectivity index (χ3v) is 3.10. The molecule has 82 valence electrons. The van der Waals surface area contributed by atoms with E-state index in [-0.39, 0.29) is 11.7 Å². The Morgan fingerprint density at radius 3 is 2.88 bits per heavy atom. The zero-order chi connectivity index (χ0) is 11.3. The van der Waals surface area contributed by atoms with Crippen LogP contribution in [-0.4, -0.2) is 5.78 Å². The van der Waals surface area contributed by atoms with Gasteiger partial charge in [-0.25, -0.2) is 0 Å². The van der Waals surface area contributed by atoms with Crippen LogP contribution in [-0.2, 0) is 0 Å². The number of halogens is 1. The molecular formula is C12H10ClNO2. The van der Waals surface area contributed by atoms with Gasteiger partial charge in [0.1, 0.15) is 5.58 Å². The van der Waals surface area contributed by atoms with Crippen LogP contribution in [0.4, 0.5) is 5.69 Å². The van der Waals surface area contributed by atoms with E-state index in [9.17, 15) is 4.79 Å². The Bertz CT molecular complexity index is 584. The number of nitrogens with two attached hydrogens (primary N) is 1. The van der Waals surface area contributed by atoms with Gasteiger partial charge in [0, 0.05) is 16.3 Å². The highest BCUT2D eigenvalue weighted by Gasteiger charge is 2.34. The lowest BCUT2D eigenvalue weighted by atomic mass is 10.1. The van der Waals surface area contributed by atoms with Crippen LogP contribution in [0.1, 0.15) is 23.4 Å². The molecule has 2 aromatic rings. The van der Waals surface area contributed by atoms with Crippen LogP contribution in [0.15, 0.2) is 22.6 Å². The summed E-state index contributed by atoms with van der Waals surface area (Å²) in [5, 5.41) is 1.31. The van der Waals surface area contributed by atoms with E-state index in [1.807, 2.05) is 0 Å². The largest absolute Gasteiger partial charge is 0.451 e. The Morgan fingerprint density at radius 2 is 2.19 bits per heavy atom. The molecule has 0 saturated heterocycles. The van der Waals surface area contributed by atoms with Crippen LogP contribution in [0, 0.1) is 5.92 Å². The highest BCUT2D eigenvalue weighted by Crippen LogP contribution is 2.38. The fraction of sp³-hybridized carbons (Fsp3) is 0.250. The van der Waals surface area contributed by atoms with Crippen LogP contribution in [0.3, 0.4) is 0 Å². The third-order valence-electron chi connectivity index (χ3n) is 2.86. The summed E-state index contributed by atoms with van der Waals surface area (Å²) in [6, 6.07) is 5.18. The number of benzene rings is 1. The van der Waals surface area contributed by atoms with Gasteiger partial charge < -0.3 is 10.2 Å². The molecule has 4 heteroatoms. The summed E-state index contributed by atoms with van der Waals surface area (Å²) >= 11 is 5.87. The normalized spacial score (nSPS) is 15.6. The number of rotatable bonds is 2. The molecule has 0 unspecified atom stereocenters. The predicted molar refractivity (Wildman–Crippen MR) is 62.7 cm³/mol. The van der Waals surface area contributed by atoms with Crippen LogP contribution in [0.25, 0.3) is 11.0 Å². The van der Waals surface area contributed by atoms with Gasteiger partial charge in [0.25, 0.3) is 0 Å². The Labute approximate surface area is 97.2 Å². The van der Waals surface area contributed by atoms with Crippen molar-refractivity contribution in [1.82, 2.24) is 0 Å². The summed E-state index contributed by atoms with van der Waals surface area (Å²) < 4.78 is 5.48. The van der Waals surface area contributed by atoms with Crippen LogP contribution in [0.5, 0.6) is 0 Å². The van der Waals surface area contributed by atoms with E-state index in [1.165, 1.54) is 0 Å². The molecule has 16 heavy (non-hydrogen) atoms. The Balaban J connectivity index is 2.18. The van der Waals surface area contributed by atoms with Gasteiger partial charge in [-0.3, -0.25) is 4.79 Å². The predicted octanol–water partition coefficient (Wildman–Crippen LogP) is 3.26. The van der Waals surface area contributed by atoms with E-state index in [0.717, 1.165) is 18.2 Å². The zero-order valence-electron chi connectivity index (χ0n) is 8.50. The topological polar surface area (TPSA) is 56.2 Å². The summed E-state index contributed by atoms with van der Waals surface area (Å²) in [6.07, 6.45) is 1.88. The number of hydrogen-bond acceptors (Lipinski definition) is 3. The van der Waals surface area contributed by atoms with Gasteiger partial charge in [-0.15, -0.1) is 0 Å². The maximum absolute atomic E-state index is 11.9. The monoisotopic (exact) mass is 235 g/mol. The minimum atomic E-state index is 0.0184. The molecule has 0 radical (unpaired) electrons. The first-order valence-electron chi connectivity index (χ1n) is 5.18. The molecule has 0 aliphatic heterocycles. The molecule has 1 saturated carbocycles. The number of carbonyl (C=O) groups is 1. The first-order valence-corrected chi connectivity index (χ1v) is 5.56. The number of anilines is 1. The number of hydrogen-bond donors (Lipinski definition) is 1. The average molecular weight is 236 g/mol. The van der Waals surface area contributed by atoms with Gasteiger partial charge in [0.2, 0.25) is 5.78 Å². The van der Waals surface area contributed by atoms with Gasteiger partial charge in [-0.1, -0.05) is 11.6 Å². The lowest BCUT2D eigenvalue weighted by Crippen LogP contribution is -2.02. The molecule has 1 aliphatic carbocycles. The molecule has 0 spiro atoms. The highest BCUT2D eigenvalue weighted by molar-refractivity contribution is 6.31. The fourth-order valence-corrected chi connectivity index (χ4v) is 1.97. The van der Waals surface area contributed by atoms with Crippen molar-refractivity contribution in [3.8, 4) is 0 Å². The first-order chi connectivity index (χ1) is 7.66. The fourth-order valence-electron chi connectivity index (χ4n) is 1.80. The second-order valence-electron chi connectivity index (χ2n) is 4.12. The molecular weight excluding hydrogens is 226 g/mol. The van der Waals surface area contributed by atoms with Gasteiger partial charge in [0.15, 0.2) is 5.76 Å². The summed E-state index contributed by atoms with van der Waals surface area (Å²) in [4.78, 5) is 11.9. The number of carbonyl (C=O) groups excluding carboxylic acids is 1. The maximum atomic E-state index is 11.9. The van der Waals surface area contributed by atoms with E-state index in [2.05, 4.69) is 0 Å². The van der Waals surface area contributed by atoms with Crippen molar-refractivity contribution in [3.05, 3.63) is 29.0 Å². The molecule has 3 rings (SSSR count). The molecule has 1 aromatic carbocycles. The maximum Gasteiger partial charge on any atom is 0.203 e. The van der Waals surface area contributed by atoms with Gasteiger partial charge in [0.05, 0.1) is 5.69 Å². The van der Waals surface area contributed by atoms with Crippen molar-refractivity contribution in [3.63, 3.8) is 0 Å². The third kappa shape index (κ3) is 1.39. The highest BCUT2D eigenvalue weighted by atomic mass is 35.5. The first kappa shape index (κ1) is 9.73. The van der Waals surface area contributed by atoms with Gasteiger partial charge in [-0.2, -0.15) is 0 Å². The molecule has 3 nitrogen and oxygen atoms in total. The van der Waals surface area contributed by atoms with E-state index in [4.69, 9.17) is 21.8 Å². The van der Waals surface area contributed by atoms with Crippen LogP contribution in [0.2, 0.25) is 5.02 Å². The quantitative estimate of drug-likeness (QED) is 0.813. The Morgan fingerprint density at radius 1 is 1.44 bits per heavy atom. The molecule has 1 aliphatic rings. The summed E-state index contributed by atoms with van der Waals surface area (Å²) in [5.41, 5.74) is 6.93. The summed E-state index contributed by atoms with van der Waals surface area (Å²) in [7, 11) is 0. The molecule has 1 fully saturated rings. The van der Waals surface area contributed by atoms with E-state index in [1.54, 1.807) is 18.2 Å². The van der Waals surface area contributed by atoms with Crippen LogP contribution < -0.4 is 5.73 Å². The number of ketones is 1. The smallest absolute Gasteiger partial charge is 0.203 e. The number of Topliss-reactive ketones (excluding diaryl/α,β-unsaturated/α-hetero) is 1. The number of fused-ring (bicyclic) bond motifs is 1.